The van der Waals surface area contributed by atoms with Crippen LogP contribution in [0, 0.1) is 0 Å². The van der Waals surface area contributed by atoms with Gasteiger partial charge in [-0.2, -0.15) is 11.8 Å². The van der Waals surface area contributed by atoms with Crippen molar-refractivity contribution in [3.8, 4) is 0 Å². The zero-order valence-corrected chi connectivity index (χ0v) is 20.2. The van der Waals surface area contributed by atoms with Crippen LogP contribution >= 0.6 is 11.8 Å². The van der Waals surface area contributed by atoms with Crippen molar-refractivity contribution in [2.45, 2.75) is 50.8 Å². The number of anilines is 1. The highest BCUT2D eigenvalue weighted by atomic mass is 32.2. The molecule has 3 rings (SSSR count). The van der Waals surface area contributed by atoms with Crippen LogP contribution in [0.1, 0.15) is 54.8 Å². The smallest absolute Gasteiger partial charge is 0.243 e. The molecule has 9 nitrogen and oxygen atoms in total. The predicted octanol–water partition coefficient (Wildman–Crippen LogP) is 3.06. The van der Waals surface area contributed by atoms with E-state index < -0.39 is 12.2 Å². The van der Waals surface area contributed by atoms with E-state index in [4.69, 9.17) is 19.8 Å². The van der Waals surface area contributed by atoms with Gasteiger partial charge in [-0.1, -0.05) is 36.4 Å². The molecule has 2 amide bonds. The van der Waals surface area contributed by atoms with Gasteiger partial charge in [-0.3, -0.25) is 14.8 Å². The first-order valence-electron chi connectivity index (χ1n) is 11.5. The summed E-state index contributed by atoms with van der Waals surface area (Å²) < 4.78 is 12.5. The van der Waals surface area contributed by atoms with Gasteiger partial charge in [0.25, 0.3) is 0 Å². The Hall–Kier alpha value is -2.47. The second-order valence-corrected chi connectivity index (χ2v) is 9.36. The summed E-state index contributed by atoms with van der Waals surface area (Å²) in [5, 5.41) is 29.8. The average Bonchev–Trinajstić information content (AvgIpc) is 2.88. The average molecular weight is 505 g/mol. The molecule has 0 unspecified atom stereocenters. The van der Waals surface area contributed by atoms with Crippen LogP contribution in [0.4, 0.5) is 5.69 Å². The summed E-state index contributed by atoms with van der Waals surface area (Å²) in [7, 11) is 0. The second kappa shape index (κ2) is 14.2. The topological polar surface area (TPSA) is 137 Å². The Balaban J connectivity index is 1.69. The number of hydrogen-bond acceptors (Lipinski definition) is 8. The molecule has 10 heteroatoms. The zero-order valence-electron chi connectivity index (χ0n) is 19.4. The number of aliphatic hydroxyl groups is 2. The quantitative estimate of drug-likeness (QED) is 0.169. The molecule has 2 aromatic carbocycles. The Morgan fingerprint density at radius 2 is 1.77 bits per heavy atom. The minimum atomic E-state index is -0.643. The van der Waals surface area contributed by atoms with Gasteiger partial charge < -0.3 is 25.0 Å². The summed E-state index contributed by atoms with van der Waals surface area (Å²) in [6.45, 7) is 0.0842. The molecule has 2 aromatic rings. The number of aliphatic hydroxyl groups excluding tert-OH is 2. The van der Waals surface area contributed by atoms with Crippen LogP contribution in [0.3, 0.4) is 0 Å². The summed E-state index contributed by atoms with van der Waals surface area (Å²) in [5.41, 5.74) is 4.72. The molecule has 0 aliphatic carbocycles. The third kappa shape index (κ3) is 8.60. The van der Waals surface area contributed by atoms with Crippen LogP contribution < -0.4 is 10.8 Å². The molecule has 0 spiro atoms. The summed E-state index contributed by atoms with van der Waals surface area (Å²) in [5.74, 6) is 0.573. The summed E-state index contributed by atoms with van der Waals surface area (Å²) >= 11 is 1.62. The molecular formula is C25H32N2O7S. The Morgan fingerprint density at radius 1 is 1.00 bits per heavy atom. The normalized spacial score (nSPS) is 19.8. The largest absolute Gasteiger partial charge is 0.396 e. The first-order valence-corrected chi connectivity index (χ1v) is 12.7. The number of hydroxylamine groups is 1. The summed E-state index contributed by atoms with van der Waals surface area (Å²) in [6, 6.07) is 14.9. The minimum absolute atomic E-state index is 0.0227. The van der Waals surface area contributed by atoms with Gasteiger partial charge in [0.05, 0.1) is 25.4 Å². The van der Waals surface area contributed by atoms with E-state index >= 15 is 0 Å². The van der Waals surface area contributed by atoms with Crippen molar-refractivity contribution in [1.82, 2.24) is 5.48 Å². The van der Waals surface area contributed by atoms with Gasteiger partial charge in [0.2, 0.25) is 11.8 Å². The molecule has 0 aromatic heterocycles. The molecule has 0 radical (unpaired) electrons. The van der Waals surface area contributed by atoms with Crippen molar-refractivity contribution in [1.29, 1.82) is 0 Å². The SMILES string of the molecule is O=C(CCCC(=O)Nc1cccc([C@H]2O[C@@H](CSCCO)C[C@@H](c3ccc(CO)cc3)O2)c1)NO. The molecule has 0 bridgehead atoms. The molecule has 1 aliphatic heterocycles. The van der Waals surface area contributed by atoms with Crippen LogP contribution in [0.25, 0.3) is 0 Å². The van der Waals surface area contributed by atoms with E-state index in [1.807, 2.05) is 36.4 Å². The third-order valence-corrected chi connectivity index (χ3v) is 6.61. The Labute approximate surface area is 208 Å². The van der Waals surface area contributed by atoms with Crippen molar-refractivity contribution in [2.75, 3.05) is 23.4 Å². The van der Waals surface area contributed by atoms with Crippen molar-refractivity contribution in [3.05, 3.63) is 65.2 Å². The maximum atomic E-state index is 12.2. The fraction of sp³-hybridized carbons (Fsp3) is 0.440. The van der Waals surface area contributed by atoms with Gasteiger partial charge in [-0.05, 0) is 29.7 Å². The van der Waals surface area contributed by atoms with Gasteiger partial charge in [-0.15, -0.1) is 0 Å². The number of hydrogen-bond donors (Lipinski definition) is 5. The fourth-order valence-electron chi connectivity index (χ4n) is 3.75. The van der Waals surface area contributed by atoms with E-state index in [0.717, 1.165) is 16.7 Å². The molecule has 1 heterocycles. The number of carbonyl (C=O) groups excluding carboxylic acids is 2. The summed E-state index contributed by atoms with van der Waals surface area (Å²) in [6.07, 6.45) is 0.229. The second-order valence-electron chi connectivity index (χ2n) is 8.21. The number of nitrogens with one attached hydrogen (secondary N) is 2. The van der Waals surface area contributed by atoms with Gasteiger partial charge in [-0.25, -0.2) is 5.48 Å². The van der Waals surface area contributed by atoms with Crippen LogP contribution in [-0.4, -0.2) is 51.5 Å². The monoisotopic (exact) mass is 504 g/mol. The number of carbonyl (C=O) groups is 2. The van der Waals surface area contributed by atoms with Gasteiger partial charge in [0.1, 0.15) is 0 Å². The lowest BCUT2D eigenvalue weighted by molar-refractivity contribution is -0.245. The maximum Gasteiger partial charge on any atom is 0.243 e. The van der Waals surface area contributed by atoms with Crippen molar-refractivity contribution in [3.63, 3.8) is 0 Å². The first kappa shape index (κ1) is 27.1. The Kier molecular flexibility index (Phi) is 11.0. The van der Waals surface area contributed by atoms with E-state index in [1.165, 1.54) is 0 Å². The molecule has 0 saturated carbocycles. The summed E-state index contributed by atoms with van der Waals surface area (Å²) in [4.78, 5) is 23.3. The van der Waals surface area contributed by atoms with Crippen LogP contribution in [0.5, 0.6) is 0 Å². The van der Waals surface area contributed by atoms with Crippen LogP contribution in [0.2, 0.25) is 0 Å². The maximum absolute atomic E-state index is 12.2. The Morgan fingerprint density at radius 3 is 2.49 bits per heavy atom. The first-order chi connectivity index (χ1) is 17.0. The van der Waals surface area contributed by atoms with E-state index in [-0.39, 0.29) is 44.2 Å². The molecule has 1 saturated heterocycles. The number of ether oxygens (including phenoxy) is 2. The molecule has 1 aliphatic rings. The predicted molar refractivity (Wildman–Crippen MR) is 132 cm³/mol. The molecular weight excluding hydrogens is 472 g/mol. The van der Waals surface area contributed by atoms with E-state index in [2.05, 4.69) is 5.32 Å². The highest BCUT2D eigenvalue weighted by molar-refractivity contribution is 7.99. The highest BCUT2D eigenvalue weighted by Gasteiger charge is 2.32. The molecule has 1 fully saturated rings. The van der Waals surface area contributed by atoms with Crippen LogP contribution in [-0.2, 0) is 25.7 Å². The molecule has 35 heavy (non-hydrogen) atoms. The van der Waals surface area contributed by atoms with Crippen LogP contribution in [0.15, 0.2) is 48.5 Å². The standard InChI is InChI=1S/C25H32N2O7S/c28-11-12-35-16-21-14-22(18-9-7-17(15-29)8-10-18)34-25(33-21)19-3-1-4-20(13-19)26-23(30)5-2-6-24(31)27-32/h1,3-4,7-10,13,21-22,25,28-29,32H,2,5-6,11-12,14-16H2,(H,26,30)(H,27,31)/t21-,22+,25+/m1/s1. The highest BCUT2D eigenvalue weighted by Crippen LogP contribution is 2.39. The minimum Gasteiger partial charge on any atom is -0.396 e. The number of rotatable bonds is 12. The number of amides is 2. The molecule has 3 atom stereocenters. The molecule has 5 N–H and O–H groups in total. The van der Waals surface area contributed by atoms with Crippen molar-refractivity contribution < 1.29 is 34.5 Å². The van der Waals surface area contributed by atoms with Gasteiger partial charge >= 0.3 is 0 Å². The fourth-order valence-corrected chi connectivity index (χ4v) is 4.53. The lowest BCUT2D eigenvalue weighted by Crippen LogP contribution is -2.31. The van der Waals surface area contributed by atoms with Gasteiger partial charge in [0, 0.05) is 42.0 Å². The van der Waals surface area contributed by atoms with E-state index in [1.54, 1.807) is 29.4 Å². The zero-order chi connectivity index (χ0) is 25.0. The third-order valence-electron chi connectivity index (χ3n) is 5.53. The number of benzene rings is 2. The number of thioether (sulfide) groups is 1. The molecule has 190 valence electrons. The van der Waals surface area contributed by atoms with Crippen molar-refractivity contribution in [2.24, 2.45) is 0 Å². The van der Waals surface area contributed by atoms with E-state index in [9.17, 15) is 14.7 Å². The van der Waals surface area contributed by atoms with Crippen molar-refractivity contribution >= 4 is 29.3 Å². The lowest BCUT2D eigenvalue weighted by atomic mass is 10.0. The van der Waals surface area contributed by atoms with E-state index in [0.29, 0.717) is 30.0 Å². The lowest BCUT2D eigenvalue weighted by Gasteiger charge is -2.36. The van der Waals surface area contributed by atoms with Gasteiger partial charge in [0.15, 0.2) is 6.29 Å². The Bertz CT molecular complexity index is 957.